The number of amides is 1. The molecule has 0 aliphatic carbocycles. The average molecular weight is 412 g/mol. The number of fused-ring (bicyclic) bond motifs is 2. The van der Waals surface area contributed by atoms with Gasteiger partial charge in [-0.05, 0) is 62.2 Å². The van der Waals surface area contributed by atoms with E-state index < -0.39 is 6.09 Å². The predicted octanol–water partition coefficient (Wildman–Crippen LogP) is 4.65. The maximum absolute atomic E-state index is 11.6. The van der Waals surface area contributed by atoms with Crippen LogP contribution in [0.4, 0.5) is 21.9 Å². The molecule has 2 aromatic rings. The van der Waals surface area contributed by atoms with Gasteiger partial charge in [0.2, 0.25) is 0 Å². The lowest BCUT2D eigenvalue weighted by Gasteiger charge is -2.22. The lowest BCUT2D eigenvalue weighted by molar-refractivity contribution is -0.108. The van der Waals surface area contributed by atoms with Gasteiger partial charge in [0, 0.05) is 24.1 Å². The molecule has 0 unspecified atom stereocenters. The number of ether oxygens (including phenoxy) is 1. The molecule has 1 N–H and O–H groups in total. The number of aldehydes is 1. The van der Waals surface area contributed by atoms with E-state index in [1.54, 1.807) is 6.92 Å². The minimum absolute atomic E-state index is 0.365. The molecule has 0 saturated heterocycles. The van der Waals surface area contributed by atoms with Gasteiger partial charge in [-0.2, -0.15) is 0 Å². The number of carbonyl (C=O) groups excluding carboxylic acids is 2. The van der Waals surface area contributed by atoms with E-state index in [1.165, 1.54) is 16.8 Å². The SMILES string of the molecule is CCN(CC)CC=O.CCOC(=O)Nc1ccc2c(c1)N(C)c1ccccc1CC2. The van der Waals surface area contributed by atoms with Crippen LogP contribution >= 0.6 is 0 Å². The van der Waals surface area contributed by atoms with Crippen LogP contribution in [0, 0.1) is 0 Å². The van der Waals surface area contributed by atoms with Crippen LogP contribution in [0.5, 0.6) is 0 Å². The Kier molecular flexibility index (Phi) is 9.35. The van der Waals surface area contributed by atoms with Crippen molar-refractivity contribution >= 4 is 29.4 Å². The highest BCUT2D eigenvalue weighted by atomic mass is 16.5. The summed E-state index contributed by atoms with van der Waals surface area (Å²) in [5.41, 5.74) is 5.73. The minimum Gasteiger partial charge on any atom is -0.450 e. The first-order valence-electron chi connectivity index (χ1n) is 10.6. The molecule has 0 atom stereocenters. The van der Waals surface area contributed by atoms with Crippen LogP contribution in [0.1, 0.15) is 31.9 Å². The smallest absolute Gasteiger partial charge is 0.411 e. The summed E-state index contributed by atoms with van der Waals surface area (Å²) in [5.74, 6) is 0. The van der Waals surface area contributed by atoms with Gasteiger partial charge in [0.15, 0.2) is 0 Å². The maximum Gasteiger partial charge on any atom is 0.411 e. The van der Waals surface area contributed by atoms with Crippen molar-refractivity contribution in [3.8, 4) is 0 Å². The Labute approximate surface area is 179 Å². The van der Waals surface area contributed by atoms with Gasteiger partial charge in [-0.3, -0.25) is 10.2 Å². The monoisotopic (exact) mass is 411 g/mol. The van der Waals surface area contributed by atoms with Gasteiger partial charge in [-0.15, -0.1) is 0 Å². The Morgan fingerprint density at radius 3 is 2.33 bits per heavy atom. The Balaban J connectivity index is 0.000000343. The number of likely N-dealkylation sites (N-methyl/N-ethyl adjacent to an activating group) is 1. The van der Waals surface area contributed by atoms with E-state index in [1.807, 2.05) is 26.0 Å². The zero-order valence-corrected chi connectivity index (χ0v) is 18.5. The van der Waals surface area contributed by atoms with Gasteiger partial charge in [-0.1, -0.05) is 38.1 Å². The van der Waals surface area contributed by atoms with Crippen LogP contribution in [0.3, 0.4) is 0 Å². The van der Waals surface area contributed by atoms with Gasteiger partial charge >= 0.3 is 6.09 Å². The number of nitrogens with one attached hydrogen (secondary N) is 1. The second-order valence-corrected chi connectivity index (χ2v) is 7.03. The van der Waals surface area contributed by atoms with Crippen LogP contribution in [0.25, 0.3) is 0 Å². The summed E-state index contributed by atoms with van der Waals surface area (Å²) < 4.78 is 4.93. The summed E-state index contributed by atoms with van der Waals surface area (Å²) in [6.45, 7) is 8.77. The normalized spacial score (nSPS) is 12.1. The van der Waals surface area contributed by atoms with Gasteiger partial charge < -0.3 is 14.4 Å². The zero-order chi connectivity index (χ0) is 21.9. The first-order chi connectivity index (χ1) is 14.5. The number of rotatable bonds is 6. The third-order valence-electron chi connectivity index (χ3n) is 5.21. The highest BCUT2D eigenvalue weighted by Gasteiger charge is 2.18. The second kappa shape index (κ2) is 12.0. The first-order valence-corrected chi connectivity index (χ1v) is 10.6. The molecule has 1 amide bonds. The molecule has 0 bridgehead atoms. The average Bonchev–Trinajstić information content (AvgIpc) is 2.90. The van der Waals surface area contributed by atoms with Gasteiger partial charge in [0.05, 0.1) is 13.2 Å². The summed E-state index contributed by atoms with van der Waals surface area (Å²) in [6, 6.07) is 14.5. The third kappa shape index (κ3) is 6.32. The van der Waals surface area contributed by atoms with Gasteiger partial charge in [-0.25, -0.2) is 4.79 Å². The van der Waals surface area contributed by atoms with Gasteiger partial charge in [0.25, 0.3) is 0 Å². The number of anilines is 3. The van der Waals surface area contributed by atoms with Crippen molar-refractivity contribution in [3.05, 3.63) is 53.6 Å². The number of para-hydroxylation sites is 1. The van der Waals surface area contributed by atoms with Crippen molar-refractivity contribution in [2.24, 2.45) is 0 Å². The molecule has 6 nitrogen and oxygen atoms in total. The molecule has 162 valence electrons. The summed E-state index contributed by atoms with van der Waals surface area (Å²) in [4.78, 5) is 25.7. The van der Waals surface area contributed by atoms with Crippen LogP contribution < -0.4 is 10.2 Å². The molecule has 1 aliphatic rings. The number of hydrogen-bond donors (Lipinski definition) is 1. The molecule has 0 aromatic heterocycles. The molecule has 1 heterocycles. The molecule has 0 saturated carbocycles. The highest BCUT2D eigenvalue weighted by molar-refractivity contribution is 5.86. The Bertz CT molecular complexity index is 834. The fourth-order valence-electron chi connectivity index (χ4n) is 3.49. The molecular weight excluding hydrogens is 378 g/mol. The van der Waals surface area contributed by atoms with Crippen molar-refractivity contribution in [1.82, 2.24) is 4.90 Å². The second-order valence-electron chi connectivity index (χ2n) is 7.03. The van der Waals surface area contributed by atoms with Crippen molar-refractivity contribution in [1.29, 1.82) is 0 Å². The summed E-state index contributed by atoms with van der Waals surface area (Å²) in [6.07, 6.45) is 2.54. The Morgan fingerprint density at radius 2 is 1.73 bits per heavy atom. The molecule has 0 fully saturated rings. The van der Waals surface area contributed by atoms with E-state index in [0.717, 1.165) is 43.6 Å². The quantitative estimate of drug-likeness (QED) is 0.701. The Hall–Kier alpha value is -2.86. The van der Waals surface area contributed by atoms with E-state index in [9.17, 15) is 9.59 Å². The molecule has 6 heteroatoms. The zero-order valence-electron chi connectivity index (χ0n) is 18.5. The van der Waals surface area contributed by atoms with E-state index in [2.05, 4.69) is 52.5 Å². The molecule has 0 spiro atoms. The number of aryl methyl sites for hydroxylation is 2. The van der Waals surface area contributed by atoms with Crippen LogP contribution in [0.2, 0.25) is 0 Å². The Morgan fingerprint density at radius 1 is 1.07 bits per heavy atom. The summed E-state index contributed by atoms with van der Waals surface area (Å²) >= 11 is 0. The number of hydrogen-bond acceptors (Lipinski definition) is 5. The fraction of sp³-hybridized carbons (Fsp3) is 0.417. The van der Waals surface area contributed by atoms with Crippen LogP contribution in [-0.4, -0.2) is 50.6 Å². The van der Waals surface area contributed by atoms with Gasteiger partial charge in [0.1, 0.15) is 6.29 Å². The molecule has 3 rings (SSSR count). The topological polar surface area (TPSA) is 61.9 Å². The standard InChI is InChI=1S/C18H20N2O2.C6H13NO/c1-3-22-18(21)19-15-11-10-14-9-8-13-6-4-5-7-16(13)20(2)17(14)12-15;1-3-7(4-2)5-6-8/h4-7,10-12H,3,8-9H2,1-2H3,(H,19,21);6H,3-5H2,1-2H3. The van der Waals surface area contributed by atoms with E-state index in [4.69, 9.17) is 4.74 Å². The highest BCUT2D eigenvalue weighted by Crippen LogP contribution is 2.36. The van der Waals surface area contributed by atoms with Crippen molar-refractivity contribution < 1.29 is 14.3 Å². The number of benzene rings is 2. The molecule has 1 aliphatic heterocycles. The first kappa shape index (κ1) is 23.4. The van der Waals surface area contributed by atoms with Crippen molar-refractivity contribution in [2.45, 2.75) is 33.6 Å². The lowest BCUT2D eigenvalue weighted by Crippen LogP contribution is -2.24. The minimum atomic E-state index is -0.417. The molecular formula is C24H33N3O3. The molecule has 30 heavy (non-hydrogen) atoms. The van der Waals surface area contributed by atoms with E-state index >= 15 is 0 Å². The summed E-state index contributed by atoms with van der Waals surface area (Å²) in [5, 5.41) is 2.77. The van der Waals surface area contributed by atoms with E-state index in [-0.39, 0.29) is 0 Å². The molecule has 0 radical (unpaired) electrons. The van der Waals surface area contributed by atoms with Crippen LogP contribution in [0.15, 0.2) is 42.5 Å². The third-order valence-corrected chi connectivity index (χ3v) is 5.21. The predicted molar refractivity (Wildman–Crippen MR) is 123 cm³/mol. The fourth-order valence-corrected chi connectivity index (χ4v) is 3.49. The largest absolute Gasteiger partial charge is 0.450 e. The van der Waals surface area contributed by atoms with Crippen LogP contribution in [-0.2, 0) is 22.4 Å². The number of carbonyl (C=O) groups is 2. The molecule has 2 aromatic carbocycles. The van der Waals surface area contributed by atoms with E-state index in [0.29, 0.717) is 13.2 Å². The number of nitrogens with zero attached hydrogens (tertiary/aromatic N) is 2. The maximum atomic E-state index is 11.6. The van der Waals surface area contributed by atoms with Crippen molar-refractivity contribution in [3.63, 3.8) is 0 Å². The van der Waals surface area contributed by atoms with Crippen molar-refractivity contribution in [2.75, 3.05) is 43.5 Å². The lowest BCUT2D eigenvalue weighted by atomic mass is 10.0. The summed E-state index contributed by atoms with van der Waals surface area (Å²) in [7, 11) is 2.07.